The zero-order valence-electron chi connectivity index (χ0n) is 44.5. The van der Waals surface area contributed by atoms with E-state index in [1.807, 2.05) is 26.7 Å². The molecule has 0 radical (unpaired) electrons. The number of hydrogen-bond donors (Lipinski definition) is 1. The minimum atomic E-state index is -6.45. The van der Waals surface area contributed by atoms with Crippen molar-refractivity contribution < 1.29 is 56.8 Å². The summed E-state index contributed by atoms with van der Waals surface area (Å²) in [6.45, 7) is 14.1. The van der Waals surface area contributed by atoms with Crippen molar-refractivity contribution in [3.63, 3.8) is 0 Å². The van der Waals surface area contributed by atoms with Gasteiger partial charge in [-0.25, -0.2) is 30.0 Å². The Hall–Kier alpha value is -4.00. The van der Waals surface area contributed by atoms with Crippen LogP contribution < -0.4 is 13.9 Å². The van der Waals surface area contributed by atoms with E-state index in [0.717, 1.165) is 56.9 Å². The van der Waals surface area contributed by atoms with Gasteiger partial charge in [-0.1, -0.05) is 61.4 Å². The summed E-state index contributed by atoms with van der Waals surface area (Å²) in [6.07, 6.45) is 3.86. The molecule has 16 nitrogen and oxygen atoms in total. The summed E-state index contributed by atoms with van der Waals surface area (Å²) in [4.78, 5) is 20.1. The molecular weight excluding hydrogens is 1130 g/mol. The van der Waals surface area contributed by atoms with Crippen LogP contribution in [0.5, 0.6) is 0 Å². The number of carbonyl (C=O) groups is 1. The SMILES string of the molecule is CCOP(=O)(CN1CCN(CC[C@H](CSc2ccccc2)N(c2ccc(S(=O)(=O)NC(=O)c3ccc(N4CCN(CC5=C(c6ccc(Cl)cc6)CCC(C)(C)C5)CC4)cc3)cc2S(=O)(=O)C(F)(F)F)S(C)(=O)=O)CC1)OCC. The van der Waals surface area contributed by atoms with E-state index in [1.165, 1.54) is 40.6 Å². The van der Waals surface area contributed by atoms with Crippen LogP contribution in [0.2, 0.25) is 5.02 Å². The Morgan fingerprint density at radius 3 is 2.01 bits per heavy atom. The average molecular weight is 1200 g/mol. The Morgan fingerprint density at radius 1 is 0.821 bits per heavy atom. The van der Waals surface area contributed by atoms with Gasteiger partial charge in [0.1, 0.15) is 11.2 Å². The number of nitrogens with zero attached hydrogens (tertiary/aromatic N) is 5. The van der Waals surface area contributed by atoms with E-state index >= 15 is 0 Å². The van der Waals surface area contributed by atoms with Crippen LogP contribution in [0.4, 0.5) is 24.5 Å². The number of piperazine rings is 2. The number of sulfone groups is 1. The molecular formula is C53H69ClF3N6O10PS4. The minimum absolute atomic E-state index is 0.00352. The molecule has 2 heterocycles. The zero-order valence-corrected chi connectivity index (χ0v) is 49.4. The molecule has 4 aromatic carbocycles. The van der Waals surface area contributed by atoms with Gasteiger partial charge in [0.05, 0.1) is 36.1 Å². The van der Waals surface area contributed by atoms with Crippen LogP contribution in [-0.4, -0.2) is 154 Å². The molecule has 25 heteroatoms. The van der Waals surface area contributed by atoms with E-state index in [9.17, 15) is 47.8 Å². The van der Waals surface area contributed by atoms with Crippen molar-refractivity contribution in [2.24, 2.45) is 5.41 Å². The number of amides is 1. The molecule has 0 saturated carbocycles. The van der Waals surface area contributed by atoms with Crippen molar-refractivity contribution in [2.45, 2.75) is 79.6 Å². The number of benzene rings is 4. The van der Waals surface area contributed by atoms with Gasteiger partial charge in [-0.15, -0.1) is 11.8 Å². The monoisotopic (exact) mass is 1200 g/mol. The Labute approximate surface area is 467 Å². The second-order valence-electron chi connectivity index (χ2n) is 20.4. The molecule has 0 bridgehead atoms. The zero-order chi connectivity index (χ0) is 56.7. The predicted molar refractivity (Wildman–Crippen MR) is 302 cm³/mol. The van der Waals surface area contributed by atoms with Crippen molar-refractivity contribution in [1.82, 2.24) is 19.4 Å². The number of rotatable bonds is 23. The molecule has 3 aliphatic rings. The molecule has 428 valence electrons. The largest absolute Gasteiger partial charge is 0.501 e. The summed E-state index contributed by atoms with van der Waals surface area (Å²) in [5.74, 6) is -1.19. The normalized spacial score (nSPS) is 18.0. The van der Waals surface area contributed by atoms with Crippen molar-refractivity contribution in [2.75, 3.05) is 106 Å². The maximum absolute atomic E-state index is 14.7. The lowest BCUT2D eigenvalue weighted by molar-refractivity contribution is -0.0436. The van der Waals surface area contributed by atoms with Gasteiger partial charge in [-0.05, 0) is 123 Å². The average Bonchev–Trinajstić information content (AvgIpc) is 3.47. The van der Waals surface area contributed by atoms with E-state index in [0.29, 0.717) is 59.6 Å². The number of hydrogen-bond acceptors (Lipinski definition) is 15. The highest BCUT2D eigenvalue weighted by molar-refractivity contribution is 7.99. The topological polar surface area (TPSA) is 183 Å². The molecule has 1 amide bonds. The number of alkyl halides is 3. The van der Waals surface area contributed by atoms with Crippen LogP contribution in [0, 0.1) is 5.41 Å². The first kappa shape index (κ1) is 61.6. The van der Waals surface area contributed by atoms with Crippen LogP contribution in [0.1, 0.15) is 69.3 Å². The lowest BCUT2D eigenvalue weighted by Crippen LogP contribution is -2.49. The molecule has 2 aliphatic heterocycles. The summed E-state index contributed by atoms with van der Waals surface area (Å²) in [7, 11) is -19.5. The smallest absolute Gasteiger partial charge is 0.369 e. The summed E-state index contributed by atoms with van der Waals surface area (Å²) in [5, 5.41) is 0.693. The molecule has 4 aromatic rings. The van der Waals surface area contributed by atoms with E-state index in [4.69, 9.17) is 20.6 Å². The number of anilines is 2. The fraction of sp³-hybridized carbons (Fsp3) is 0.491. The van der Waals surface area contributed by atoms with E-state index in [1.54, 1.807) is 56.3 Å². The number of allylic oxidation sites excluding steroid dienone is 1. The van der Waals surface area contributed by atoms with E-state index in [-0.39, 0.29) is 55.3 Å². The Balaban J connectivity index is 1.07. The summed E-state index contributed by atoms with van der Waals surface area (Å²) in [6, 6.07) is 23.5. The fourth-order valence-corrected chi connectivity index (χ4v) is 16.5. The van der Waals surface area contributed by atoms with Gasteiger partial charge in [0.15, 0.2) is 0 Å². The first-order valence-corrected chi connectivity index (χ1v) is 33.7. The number of sulfonamides is 2. The molecule has 0 unspecified atom stereocenters. The van der Waals surface area contributed by atoms with Crippen molar-refractivity contribution in [3.05, 3.63) is 119 Å². The predicted octanol–water partition coefficient (Wildman–Crippen LogP) is 9.70. The molecule has 1 atom stereocenters. The Bertz CT molecular complexity index is 3130. The summed E-state index contributed by atoms with van der Waals surface area (Å²) < 4.78 is 153. The third kappa shape index (κ3) is 15.9. The lowest BCUT2D eigenvalue weighted by atomic mass is 9.73. The van der Waals surface area contributed by atoms with Gasteiger partial charge >= 0.3 is 13.1 Å². The van der Waals surface area contributed by atoms with Crippen molar-refractivity contribution in [1.29, 1.82) is 0 Å². The third-order valence-corrected chi connectivity index (χ3v) is 21.6. The first-order valence-electron chi connectivity index (χ1n) is 25.8. The van der Waals surface area contributed by atoms with E-state index < -0.39 is 70.4 Å². The molecule has 1 aliphatic carbocycles. The number of halogens is 4. The summed E-state index contributed by atoms with van der Waals surface area (Å²) >= 11 is 7.40. The number of nitrogens with one attached hydrogen (secondary N) is 1. The highest BCUT2D eigenvalue weighted by Crippen LogP contribution is 2.49. The molecule has 78 heavy (non-hydrogen) atoms. The molecule has 0 spiro atoms. The second-order valence-corrected chi connectivity index (χ2v) is 29.4. The third-order valence-electron chi connectivity index (χ3n) is 14.1. The van der Waals surface area contributed by atoms with Gasteiger partial charge in [-0.2, -0.15) is 13.2 Å². The highest BCUT2D eigenvalue weighted by atomic mass is 35.5. The maximum atomic E-state index is 14.7. The fourth-order valence-electron chi connectivity index (χ4n) is 10.1. The number of carbonyl (C=O) groups excluding carboxylic acids is 1. The van der Waals surface area contributed by atoms with Gasteiger partial charge in [0.2, 0.25) is 10.0 Å². The van der Waals surface area contributed by atoms with Gasteiger partial charge in [0, 0.05) is 92.4 Å². The molecule has 2 saturated heterocycles. The van der Waals surface area contributed by atoms with Gasteiger partial charge in [0.25, 0.3) is 25.8 Å². The van der Waals surface area contributed by atoms with Gasteiger partial charge < -0.3 is 18.8 Å². The Kier molecular flexibility index (Phi) is 20.4. The standard InChI is InChI=1S/C53H69ClF3N6O10PS4/c1-6-72-74(65,73-7-2)39-61-29-27-59(28-30-61)26-24-45(38-75-46-11-9-8-10-12-46)63(76(5,66)67)49-22-21-47(35-50(49)77(68,69)53(55,56)57)78(70,71)58-51(64)41-15-19-44(20-16-41)62-33-31-60(32-34-62)37-42-36-52(3,4)25-23-48(42)40-13-17-43(54)18-14-40/h8-22,35,45H,6-7,23-34,36-39H2,1-5H3,(H,58,64)/t45-/m1/s1. The van der Waals surface area contributed by atoms with Crippen molar-refractivity contribution in [3.8, 4) is 0 Å². The Morgan fingerprint density at radius 2 is 1.42 bits per heavy atom. The molecule has 0 aromatic heterocycles. The molecule has 1 N–H and O–H groups in total. The highest BCUT2D eigenvalue weighted by Gasteiger charge is 2.50. The maximum Gasteiger partial charge on any atom is 0.501 e. The van der Waals surface area contributed by atoms with E-state index in [2.05, 4.69) is 35.8 Å². The minimum Gasteiger partial charge on any atom is -0.369 e. The van der Waals surface area contributed by atoms with Crippen LogP contribution in [0.3, 0.4) is 0 Å². The second kappa shape index (κ2) is 25.8. The van der Waals surface area contributed by atoms with Crippen LogP contribution in [0.25, 0.3) is 5.57 Å². The first-order chi connectivity index (χ1) is 36.7. The van der Waals surface area contributed by atoms with Crippen LogP contribution in [-0.2, 0) is 43.5 Å². The van der Waals surface area contributed by atoms with Crippen molar-refractivity contribution >= 4 is 83.7 Å². The molecule has 2 fully saturated rings. The van der Waals surface area contributed by atoms with Crippen LogP contribution in [0.15, 0.2) is 117 Å². The number of thioether (sulfide) groups is 1. The van der Waals surface area contributed by atoms with Crippen LogP contribution >= 0.6 is 31.0 Å². The molecule has 7 rings (SSSR count). The summed E-state index contributed by atoms with van der Waals surface area (Å²) in [5.41, 5.74) is -2.07. The lowest BCUT2D eigenvalue weighted by Gasteiger charge is -2.39. The quantitative estimate of drug-likeness (QED) is 0.0547. The van der Waals surface area contributed by atoms with Gasteiger partial charge in [-0.3, -0.25) is 23.5 Å².